The minimum absolute atomic E-state index is 0.116. The Morgan fingerprint density at radius 1 is 1.28 bits per heavy atom. The van der Waals surface area contributed by atoms with Crippen LogP contribution in [0.4, 0.5) is 29.0 Å². The molecule has 0 spiro atoms. The van der Waals surface area contributed by atoms with Crippen molar-refractivity contribution in [1.82, 2.24) is 9.97 Å². The minimum atomic E-state index is -0.360. The Balaban J connectivity index is 1.76. The van der Waals surface area contributed by atoms with Gasteiger partial charge in [-0.1, -0.05) is 0 Å². The van der Waals surface area contributed by atoms with Crippen LogP contribution >= 0.6 is 0 Å². The van der Waals surface area contributed by atoms with Crippen LogP contribution in [-0.2, 0) is 4.74 Å². The molecule has 0 atom stereocenters. The number of aliphatic imine (C=N–C) groups is 1. The summed E-state index contributed by atoms with van der Waals surface area (Å²) in [5.41, 5.74) is 14.3. The Morgan fingerprint density at radius 2 is 2.00 bits per heavy atom. The molecule has 0 unspecified atom stereocenters. The van der Waals surface area contributed by atoms with Crippen molar-refractivity contribution in [2.45, 2.75) is 0 Å². The number of hydrogen-bond donors (Lipinski definition) is 3. The number of rotatable bonds is 4. The van der Waals surface area contributed by atoms with Crippen molar-refractivity contribution in [3.63, 3.8) is 0 Å². The van der Waals surface area contributed by atoms with E-state index in [1.165, 1.54) is 7.11 Å². The predicted octanol–water partition coefficient (Wildman–Crippen LogP) is 1.06. The van der Waals surface area contributed by atoms with Gasteiger partial charge in [-0.05, 0) is 24.3 Å². The standard InChI is InChI=1S/C16H19N7O2/c1-23(11-5-3-9(4-6-11)15(24)25-2)8-10-7-19-14-12(20-10)13(17)21-16(18)22-14/h3-6H,7-8H2,1-2H3,(H5,17,18,19,21,22). The molecule has 2 aromatic rings. The number of carbonyl (C=O) groups excluding carboxylic acids is 1. The molecular weight excluding hydrogens is 322 g/mol. The number of benzene rings is 1. The van der Waals surface area contributed by atoms with Crippen molar-refractivity contribution < 1.29 is 9.53 Å². The van der Waals surface area contributed by atoms with Gasteiger partial charge in [0.05, 0.1) is 31.5 Å². The molecule has 0 radical (unpaired) electrons. The lowest BCUT2D eigenvalue weighted by molar-refractivity contribution is 0.0601. The van der Waals surface area contributed by atoms with Crippen molar-refractivity contribution in [1.29, 1.82) is 0 Å². The molecule has 0 saturated heterocycles. The molecule has 2 heterocycles. The fourth-order valence-corrected chi connectivity index (χ4v) is 2.53. The Bertz CT molecular complexity index is 833. The second kappa shape index (κ2) is 6.63. The number of nitrogens with one attached hydrogen (secondary N) is 1. The van der Waals surface area contributed by atoms with E-state index in [-0.39, 0.29) is 17.7 Å². The number of methoxy groups -OCH3 is 1. The summed E-state index contributed by atoms with van der Waals surface area (Å²) >= 11 is 0. The first kappa shape index (κ1) is 16.5. The van der Waals surface area contributed by atoms with Gasteiger partial charge >= 0.3 is 5.97 Å². The molecule has 9 heteroatoms. The lowest BCUT2D eigenvalue weighted by atomic mass is 10.2. The second-order valence-electron chi connectivity index (χ2n) is 5.59. The van der Waals surface area contributed by atoms with Gasteiger partial charge in [0.1, 0.15) is 5.69 Å². The zero-order valence-corrected chi connectivity index (χ0v) is 14.0. The second-order valence-corrected chi connectivity index (χ2v) is 5.59. The van der Waals surface area contributed by atoms with Gasteiger partial charge in [0.2, 0.25) is 5.95 Å². The summed E-state index contributed by atoms with van der Waals surface area (Å²) in [5.74, 6) is 0.544. The van der Waals surface area contributed by atoms with Gasteiger partial charge in [0.25, 0.3) is 0 Å². The van der Waals surface area contributed by atoms with E-state index in [0.29, 0.717) is 30.2 Å². The smallest absolute Gasteiger partial charge is 0.337 e. The van der Waals surface area contributed by atoms with Crippen LogP contribution in [0.1, 0.15) is 10.4 Å². The molecule has 0 aliphatic carbocycles. The van der Waals surface area contributed by atoms with Gasteiger partial charge in [0.15, 0.2) is 11.6 Å². The summed E-state index contributed by atoms with van der Waals surface area (Å²) in [4.78, 5) is 26.1. The summed E-state index contributed by atoms with van der Waals surface area (Å²) in [6, 6.07) is 7.16. The number of nitrogens with two attached hydrogens (primary N) is 2. The van der Waals surface area contributed by atoms with Crippen LogP contribution in [-0.4, -0.2) is 48.9 Å². The number of carbonyl (C=O) groups is 1. The number of ether oxygens (including phenoxy) is 1. The van der Waals surface area contributed by atoms with Gasteiger partial charge in [-0.15, -0.1) is 0 Å². The van der Waals surface area contributed by atoms with Crippen molar-refractivity contribution >= 4 is 40.6 Å². The number of hydrogen-bond acceptors (Lipinski definition) is 9. The van der Waals surface area contributed by atoms with Crippen LogP contribution in [0.25, 0.3) is 0 Å². The van der Waals surface area contributed by atoms with E-state index in [1.54, 1.807) is 12.1 Å². The van der Waals surface area contributed by atoms with E-state index in [2.05, 4.69) is 20.3 Å². The molecule has 25 heavy (non-hydrogen) atoms. The number of aromatic nitrogens is 2. The Hall–Kier alpha value is -3.36. The first-order chi connectivity index (χ1) is 12.0. The molecule has 3 rings (SSSR count). The van der Waals surface area contributed by atoms with Crippen LogP contribution in [0.2, 0.25) is 0 Å². The van der Waals surface area contributed by atoms with Crippen LogP contribution in [0.3, 0.4) is 0 Å². The molecule has 0 fully saturated rings. The fraction of sp³-hybridized carbons (Fsp3) is 0.250. The summed E-state index contributed by atoms with van der Waals surface area (Å²) in [7, 11) is 3.30. The van der Waals surface area contributed by atoms with Gasteiger partial charge in [0, 0.05) is 12.7 Å². The number of esters is 1. The fourth-order valence-electron chi connectivity index (χ4n) is 2.53. The molecule has 1 aromatic carbocycles. The molecule has 0 saturated carbocycles. The minimum Gasteiger partial charge on any atom is -0.465 e. The number of fused-ring (bicyclic) bond motifs is 1. The zero-order chi connectivity index (χ0) is 18.0. The molecule has 1 aliphatic heterocycles. The Kier molecular flexibility index (Phi) is 4.38. The predicted molar refractivity (Wildman–Crippen MR) is 97.5 cm³/mol. The average Bonchev–Trinajstić information content (AvgIpc) is 2.61. The van der Waals surface area contributed by atoms with E-state index in [4.69, 9.17) is 16.2 Å². The van der Waals surface area contributed by atoms with Crippen molar-refractivity contribution in [2.24, 2.45) is 4.99 Å². The van der Waals surface area contributed by atoms with Crippen LogP contribution < -0.4 is 21.7 Å². The normalized spacial score (nSPS) is 12.6. The largest absolute Gasteiger partial charge is 0.465 e. The number of anilines is 4. The average molecular weight is 341 g/mol. The topological polar surface area (TPSA) is 132 Å². The third-order valence-electron chi connectivity index (χ3n) is 3.81. The highest BCUT2D eigenvalue weighted by molar-refractivity contribution is 5.99. The van der Waals surface area contributed by atoms with Crippen LogP contribution in [0, 0.1) is 0 Å². The van der Waals surface area contributed by atoms with E-state index >= 15 is 0 Å². The lowest BCUT2D eigenvalue weighted by Crippen LogP contribution is -2.32. The summed E-state index contributed by atoms with van der Waals surface area (Å²) in [5, 5.41) is 3.15. The first-order valence-corrected chi connectivity index (χ1v) is 7.60. The van der Waals surface area contributed by atoms with Crippen LogP contribution in [0.15, 0.2) is 29.3 Å². The molecular formula is C16H19N7O2. The molecule has 9 nitrogen and oxygen atoms in total. The summed E-state index contributed by atoms with van der Waals surface area (Å²) in [6.07, 6.45) is 0. The van der Waals surface area contributed by atoms with Gasteiger partial charge in [-0.2, -0.15) is 9.97 Å². The highest BCUT2D eigenvalue weighted by Gasteiger charge is 2.18. The third-order valence-corrected chi connectivity index (χ3v) is 3.81. The Labute approximate surface area is 144 Å². The molecule has 1 aromatic heterocycles. The highest BCUT2D eigenvalue weighted by Crippen LogP contribution is 2.31. The highest BCUT2D eigenvalue weighted by atomic mass is 16.5. The molecule has 5 N–H and O–H groups in total. The lowest BCUT2D eigenvalue weighted by Gasteiger charge is -2.24. The SMILES string of the molecule is COC(=O)c1ccc(N(C)CC2=Nc3c(N)nc(N)nc3NC2)cc1. The van der Waals surface area contributed by atoms with Crippen molar-refractivity contribution in [3.05, 3.63) is 29.8 Å². The van der Waals surface area contributed by atoms with Gasteiger partial charge in [-0.25, -0.2) is 9.79 Å². The van der Waals surface area contributed by atoms with Crippen molar-refractivity contribution in [2.75, 3.05) is 48.9 Å². The Morgan fingerprint density at radius 3 is 2.68 bits per heavy atom. The third kappa shape index (κ3) is 3.44. The maximum absolute atomic E-state index is 11.5. The summed E-state index contributed by atoms with van der Waals surface area (Å²) < 4.78 is 4.70. The molecule has 0 amide bonds. The van der Waals surface area contributed by atoms with Crippen LogP contribution in [0.5, 0.6) is 0 Å². The first-order valence-electron chi connectivity index (χ1n) is 7.60. The number of nitrogen functional groups attached to an aromatic ring is 2. The summed E-state index contributed by atoms with van der Waals surface area (Å²) in [6.45, 7) is 1.11. The maximum Gasteiger partial charge on any atom is 0.337 e. The molecule has 0 bridgehead atoms. The van der Waals surface area contributed by atoms with E-state index in [1.807, 2.05) is 24.1 Å². The number of nitrogens with zero attached hydrogens (tertiary/aromatic N) is 4. The van der Waals surface area contributed by atoms with Gasteiger partial charge in [-0.3, -0.25) is 0 Å². The quantitative estimate of drug-likeness (QED) is 0.703. The van der Waals surface area contributed by atoms with E-state index in [0.717, 1.165) is 11.4 Å². The van der Waals surface area contributed by atoms with E-state index < -0.39 is 0 Å². The van der Waals surface area contributed by atoms with E-state index in [9.17, 15) is 4.79 Å². The van der Waals surface area contributed by atoms with Crippen molar-refractivity contribution in [3.8, 4) is 0 Å². The van der Waals surface area contributed by atoms with Gasteiger partial charge < -0.3 is 26.4 Å². The monoisotopic (exact) mass is 341 g/mol. The maximum atomic E-state index is 11.5. The molecule has 130 valence electrons. The zero-order valence-electron chi connectivity index (χ0n) is 14.0. The molecule has 1 aliphatic rings.